The summed E-state index contributed by atoms with van der Waals surface area (Å²) in [5.74, 6) is -0.702. The molecule has 0 bridgehead atoms. The zero-order chi connectivity index (χ0) is 38.7. The third-order valence-electron chi connectivity index (χ3n) is 10.1. The summed E-state index contributed by atoms with van der Waals surface area (Å²) in [5.41, 5.74) is 12.0. The summed E-state index contributed by atoms with van der Waals surface area (Å²) in [6.45, 7) is 11.8. The first-order chi connectivity index (χ1) is 25.7. The molecule has 55 heavy (non-hydrogen) atoms. The van der Waals surface area contributed by atoms with E-state index in [1.807, 2.05) is 81.4 Å². The van der Waals surface area contributed by atoms with Gasteiger partial charge in [-0.1, -0.05) is 64.6 Å². The number of aromatic hydroxyl groups is 1. The molecule has 2 aliphatic heterocycles. The SMILES string of the molecule is C.Cc1ncsc1-c1ccc([C@H](C)NC(=O)[C@@H]2C[C@@H](O)CN2C(=O)[C@@H](NC(=O)CN2CCN(c3cc(-c4ccccc4O)nnc3N)CC2)C(C)(C)C)cc1. The number of rotatable bonds is 10. The number of benzene rings is 2. The first-order valence-electron chi connectivity index (χ1n) is 18.2. The number of phenolic OH excluding ortho intramolecular Hbond substituents is 1. The van der Waals surface area contributed by atoms with Crippen LogP contribution in [0.2, 0.25) is 0 Å². The molecule has 2 saturated heterocycles. The van der Waals surface area contributed by atoms with Crippen molar-refractivity contribution in [2.24, 2.45) is 5.41 Å². The van der Waals surface area contributed by atoms with Gasteiger partial charge in [0.25, 0.3) is 0 Å². The number of anilines is 2. The largest absolute Gasteiger partial charge is 0.507 e. The van der Waals surface area contributed by atoms with Crippen LogP contribution in [0.1, 0.15) is 58.8 Å². The topological polar surface area (TPSA) is 190 Å². The predicted octanol–water partition coefficient (Wildman–Crippen LogP) is 3.99. The number of carbonyl (C=O) groups excluding carboxylic acids is 3. The number of para-hydroxylation sites is 1. The Morgan fingerprint density at radius 3 is 2.35 bits per heavy atom. The number of β-amino-alcohol motifs (C(OH)–C–C–N with tert-alkyl or cyclic N) is 1. The minimum absolute atomic E-state index is 0. The quantitative estimate of drug-likeness (QED) is 0.157. The number of hydrogen-bond donors (Lipinski definition) is 5. The van der Waals surface area contributed by atoms with E-state index < -0.39 is 29.5 Å². The monoisotopic (exact) mass is 771 g/mol. The van der Waals surface area contributed by atoms with Crippen LogP contribution >= 0.6 is 11.3 Å². The molecular weight excluding hydrogens is 719 g/mol. The molecule has 2 aromatic carbocycles. The molecule has 294 valence electrons. The number of nitrogen functional groups attached to an aromatic ring is 1. The number of piperazine rings is 1. The number of carbonyl (C=O) groups is 3. The van der Waals surface area contributed by atoms with Crippen molar-refractivity contribution in [2.75, 3.05) is 49.9 Å². The third-order valence-corrected chi connectivity index (χ3v) is 11.1. The Labute approximate surface area is 326 Å². The van der Waals surface area contributed by atoms with E-state index in [4.69, 9.17) is 5.73 Å². The summed E-state index contributed by atoms with van der Waals surface area (Å²) < 4.78 is 0. The minimum atomic E-state index is -0.928. The third kappa shape index (κ3) is 9.40. The number of thiazole rings is 1. The molecule has 0 unspecified atom stereocenters. The van der Waals surface area contributed by atoms with Crippen LogP contribution in [0.5, 0.6) is 5.75 Å². The van der Waals surface area contributed by atoms with Gasteiger partial charge < -0.3 is 36.4 Å². The molecule has 6 N–H and O–H groups in total. The molecule has 2 aliphatic rings. The molecule has 15 heteroatoms. The molecule has 4 aromatic rings. The maximum Gasteiger partial charge on any atom is 0.246 e. The lowest BCUT2D eigenvalue weighted by Crippen LogP contribution is -2.59. The van der Waals surface area contributed by atoms with Crippen LogP contribution in [0, 0.1) is 12.3 Å². The number of amides is 3. The highest BCUT2D eigenvalue weighted by Gasteiger charge is 2.45. The molecule has 0 spiro atoms. The molecule has 14 nitrogen and oxygen atoms in total. The predicted molar refractivity (Wildman–Crippen MR) is 215 cm³/mol. The maximum atomic E-state index is 14.2. The number of nitrogens with two attached hydrogens (primary N) is 1. The molecule has 6 rings (SSSR count). The van der Waals surface area contributed by atoms with E-state index in [0.29, 0.717) is 43.1 Å². The van der Waals surface area contributed by atoms with Gasteiger partial charge in [-0.3, -0.25) is 19.3 Å². The van der Waals surface area contributed by atoms with Crippen molar-refractivity contribution in [1.82, 2.24) is 35.6 Å². The Morgan fingerprint density at radius 2 is 1.71 bits per heavy atom. The summed E-state index contributed by atoms with van der Waals surface area (Å²) in [4.78, 5) is 52.2. The van der Waals surface area contributed by atoms with Crippen LogP contribution in [-0.4, -0.2) is 110 Å². The average Bonchev–Trinajstić information content (AvgIpc) is 3.76. The lowest BCUT2D eigenvalue weighted by molar-refractivity contribution is -0.144. The van der Waals surface area contributed by atoms with Crippen LogP contribution in [0.25, 0.3) is 21.7 Å². The van der Waals surface area contributed by atoms with Gasteiger partial charge in [-0.15, -0.1) is 21.5 Å². The van der Waals surface area contributed by atoms with Crippen molar-refractivity contribution in [1.29, 1.82) is 0 Å². The van der Waals surface area contributed by atoms with Crippen molar-refractivity contribution in [3.05, 3.63) is 71.4 Å². The van der Waals surface area contributed by atoms with Crippen molar-refractivity contribution in [3.8, 4) is 27.4 Å². The first-order valence-corrected chi connectivity index (χ1v) is 19.0. The second-order valence-corrected chi connectivity index (χ2v) is 16.0. The zero-order valence-electron chi connectivity index (χ0n) is 31.3. The van der Waals surface area contributed by atoms with Gasteiger partial charge in [0.1, 0.15) is 17.8 Å². The van der Waals surface area contributed by atoms with E-state index in [1.54, 1.807) is 29.5 Å². The van der Waals surface area contributed by atoms with Gasteiger partial charge in [0.15, 0.2) is 5.82 Å². The summed E-state index contributed by atoms with van der Waals surface area (Å²) in [5, 5.41) is 35.2. The van der Waals surface area contributed by atoms with E-state index in [-0.39, 0.29) is 56.4 Å². The molecule has 0 radical (unpaired) electrons. The van der Waals surface area contributed by atoms with Crippen molar-refractivity contribution >= 4 is 40.6 Å². The van der Waals surface area contributed by atoms with Gasteiger partial charge >= 0.3 is 0 Å². The fourth-order valence-electron chi connectivity index (χ4n) is 7.04. The van der Waals surface area contributed by atoms with Gasteiger partial charge in [-0.25, -0.2) is 4.98 Å². The van der Waals surface area contributed by atoms with Gasteiger partial charge in [0, 0.05) is 44.7 Å². The number of aliphatic hydroxyl groups excluding tert-OH is 1. The van der Waals surface area contributed by atoms with Gasteiger partial charge in [0.2, 0.25) is 17.7 Å². The Hall–Kier alpha value is -5.12. The number of aromatic nitrogens is 3. The maximum absolute atomic E-state index is 14.2. The highest BCUT2D eigenvalue weighted by molar-refractivity contribution is 7.13. The molecular formula is C40H53N9O5S. The minimum Gasteiger partial charge on any atom is -0.507 e. The number of likely N-dealkylation sites (tertiary alicyclic amines) is 1. The molecule has 4 heterocycles. The highest BCUT2D eigenvalue weighted by Crippen LogP contribution is 2.32. The fraction of sp³-hybridized carbons (Fsp3) is 0.450. The zero-order valence-corrected chi connectivity index (χ0v) is 32.1. The summed E-state index contributed by atoms with van der Waals surface area (Å²) in [6, 6.07) is 14.5. The Balaban J connectivity index is 0.00000580. The van der Waals surface area contributed by atoms with Crippen LogP contribution in [-0.2, 0) is 14.4 Å². The normalized spacial score (nSPS) is 18.7. The van der Waals surface area contributed by atoms with Crippen LogP contribution in [0.4, 0.5) is 11.5 Å². The summed E-state index contributed by atoms with van der Waals surface area (Å²) >= 11 is 1.58. The molecule has 0 aliphatic carbocycles. The van der Waals surface area contributed by atoms with Gasteiger partial charge in [0.05, 0.1) is 46.2 Å². The lowest BCUT2D eigenvalue weighted by atomic mass is 9.85. The van der Waals surface area contributed by atoms with E-state index in [2.05, 4.69) is 30.7 Å². The van der Waals surface area contributed by atoms with Crippen LogP contribution < -0.4 is 21.3 Å². The molecule has 0 saturated carbocycles. The first kappa shape index (κ1) is 41.1. The molecule has 4 atom stereocenters. The molecule has 2 aromatic heterocycles. The van der Waals surface area contributed by atoms with E-state index in [1.165, 1.54) is 4.90 Å². The number of nitrogens with zero attached hydrogens (tertiary/aromatic N) is 6. The van der Waals surface area contributed by atoms with Crippen molar-refractivity contribution in [2.45, 2.75) is 72.7 Å². The number of aliphatic hydroxyl groups is 1. The molecule has 3 amide bonds. The Kier molecular flexibility index (Phi) is 12.8. The second-order valence-electron chi connectivity index (χ2n) is 15.2. The second kappa shape index (κ2) is 17.1. The standard InChI is InChI=1S/C39H49N9O5S.CH4/c1-23(25-10-12-26(13-11-25)34-24(2)41-22-54-34)42-37(52)31-18-27(49)20-48(31)38(53)35(39(3,4)5)43-33(51)21-46-14-16-47(17-15-46)30-19-29(44-45-36(30)40)28-8-6-7-9-32(28)50;/h6-13,19,22-23,27,31,35,49-50H,14-18,20-21H2,1-5H3,(H2,40,45)(H,42,52)(H,43,51);1H4/t23-,27+,31-,35+;/m0./s1. The highest BCUT2D eigenvalue weighted by atomic mass is 32.1. The average molecular weight is 772 g/mol. The lowest BCUT2D eigenvalue weighted by Gasteiger charge is -2.38. The van der Waals surface area contributed by atoms with Gasteiger partial charge in [-0.05, 0) is 48.6 Å². The van der Waals surface area contributed by atoms with Crippen molar-refractivity contribution in [3.63, 3.8) is 0 Å². The number of aryl methyl sites for hydroxylation is 1. The summed E-state index contributed by atoms with van der Waals surface area (Å²) in [7, 11) is 0. The fourth-order valence-corrected chi connectivity index (χ4v) is 7.85. The van der Waals surface area contributed by atoms with E-state index in [9.17, 15) is 24.6 Å². The smallest absolute Gasteiger partial charge is 0.246 e. The van der Waals surface area contributed by atoms with E-state index >= 15 is 0 Å². The number of nitrogens with one attached hydrogen (secondary N) is 2. The Morgan fingerprint density at radius 1 is 1.02 bits per heavy atom. The van der Waals surface area contributed by atoms with Crippen molar-refractivity contribution < 1.29 is 24.6 Å². The number of hydrogen-bond acceptors (Lipinski definition) is 12. The van der Waals surface area contributed by atoms with E-state index in [0.717, 1.165) is 21.7 Å². The summed E-state index contributed by atoms with van der Waals surface area (Å²) in [6.07, 6.45) is -0.761. The molecule has 2 fully saturated rings. The number of phenols is 1. The van der Waals surface area contributed by atoms with Crippen LogP contribution in [0.3, 0.4) is 0 Å². The van der Waals surface area contributed by atoms with Gasteiger partial charge in [-0.2, -0.15) is 0 Å². The van der Waals surface area contributed by atoms with Crippen LogP contribution in [0.15, 0.2) is 60.1 Å². The Bertz CT molecular complexity index is 1970.